The number of benzene rings is 1. The van der Waals surface area contributed by atoms with E-state index in [2.05, 4.69) is 0 Å². The number of rotatable bonds is 3. The Kier molecular flexibility index (Phi) is 2.48. The van der Waals surface area contributed by atoms with Crippen LogP contribution in [0.2, 0.25) is 0 Å². The Labute approximate surface area is 107 Å². The summed E-state index contributed by atoms with van der Waals surface area (Å²) < 4.78 is 26.3. The fourth-order valence-corrected chi connectivity index (χ4v) is 2.14. The molecule has 6 heteroatoms. The molecule has 1 aromatic carbocycles. The first-order valence-electron chi connectivity index (χ1n) is 5.87. The number of hydrogen-bond acceptors (Lipinski definition) is 3. The summed E-state index contributed by atoms with van der Waals surface area (Å²) in [6.45, 7) is -0.257. The number of anilines is 1. The summed E-state index contributed by atoms with van der Waals surface area (Å²) in [6.07, 6.45) is 1.55. The van der Waals surface area contributed by atoms with Crippen LogP contribution >= 0.6 is 0 Å². The van der Waals surface area contributed by atoms with Crippen LogP contribution in [0.4, 0.5) is 14.5 Å². The molecule has 1 fully saturated rings. The summed E-state index contributed by atoms with van der Waals surface area (Å²) >= 11 is 0. The Bertz CT molecular complexity index is 623. The lowest BCUT2D eigenvalue weighted by Crippen LogP contribution is -2.35. The first kappa shape index (κ1) is 12.0. The molecule has 2 aliphatic rings. The lowest BCUT2D eigenvalue weighted by atomic mass is 10.1. The van der Waals surface area contributed by atoms with Crippen molar-refractivity contribution in [3.05, 3.63) is 29.3 Å². The number of ketones is 2. The van der Waals surface area contributed by atoms with Crippen LogP contribution in [0.3, 0.4) is 0 Å². The maximum atomic E-state index is 13.2. The van der Waals surface area contributed by atoms with Crippen LogP contribution in [0.5, 0.6) is 0 Å². The monoisotopic (exact) mass is 265 g/mol. The fourth-order valence-electron chi connectivity index (χ4n) is 2.14. The number of amides is 1. The number of carbonyl (C=O) groups excluding carboxylic acids is 3. The van der Waals surface area contributed by atoms with Gasteiger partial charge in [0.1, 0.15) is 0 Å². The normalized spacial score (nSPS) is 17.9. The molecule has 1 amide bonds. The molecule has 0 radical (unpaired) electrons. The van der Waals surface area contributed by atoms with Crippen LogP contribution in [0.25, 0.3) is 0 Å². The van der Waals surface area contributed by atoms with Gasteiger partial charge in [-0.05, 0) is 18.9 Å². The molecule has 1 aliphatic carbocycles. The quantitative estimate of drug-likeness (QED) is 0.778. The van der Waals surface area contributed by atoms with Crippen LogP contribution in [-0.2, 0) is 9.59 Å². The second kappa shape index (κ2) is 3.94. The van der Waals surface area contributed by atoms with Crippen molar-refractivity contribution >= 4 is 23.2 Å². The molecule has 1 aromatic rings. The van der Waals surface area contributed by atoms with Gasteiger partial charge in [0.2, 0.25) is 0 Å². The Morgan fingerprint density at radius 1 is 1.21 bits per heavy atom. The van der Waals surface area contributed by atoms with E-state index in [1.54, 1.807) is 0 Å². The highest BCUT2D eigenvalue weighted by Gasteiger charge is 2.40. The van der Waals surface area contributed by atoms with E-state index >= 15 is 0 Å². The van der Waals surface area contributed by atoms with Crippen LogP contribution < -0.4 is 4.90 Å². The van der Waals surface area contributed by atoms with Crippen molar-refractivity contribution in [1.82, 2.24) is 0 Å². The minimum atomic E-state index is -1.18. The van der Waals surface area contributed by atoms with Gasteiger partial charge in [0.05, 0.1) is 17.8 Å². The smallest absolute Gasteiger partial charge is 0.297 e. The maximum Gasteiger partial charge on any atom is 0.299 e. The minimum absolute atomic E-state index is 0.0251. The number of halogens is 2. The van der Waals surface area contributed by atoms with Gasteiger partial charge in [-0.25, -0.2) is 8.78 Å². The fraction of sp³-hybridized carbons (Fsp3) is 0.308. The molecular weight excluding hydrogens is 256 g/mol. The zero-order valence-corrected chi connectivity index (χ0v) is 9.78. The molecule has 0 spiro atoms. The molecule has 1 saturated carbocycles. The van der Waals surface area contributed by atoms with Crippen molar-refractivity contribution in [3.8, 4) is 0 Å². The van der Waals surface area contributed by atoms with Crippen molar-refractivity contribution in [1.29, 1.82) is 0 Å². The van der Waals surface area contributed by atoms with Crippen LogP contribution in [0, 0.1) is 17.6 Å². The second-order valence-electron chi connectivity index (χ2n) is 4.74. The second-order valence-corrected chi connectivity index (χ2v) is 4.74. The molecular formula is C13H9F2NO3. The molecule has 0 N–H and O–H groups in total. The number of fused-ring (bicyclic) bond motifs is 1. The van der Waals surface area contributed by atoms with E-state index in [4.69, 9.17) is 0 Å². The van der Waals surface area contributed by atoms with Gasteiger partial charge in [-0.2, -0.15) is 0 Å². The van der Waals surface area contributed by atoms with Crippen molar-refractivity contribution in [3.63, 3.8) is 0 Å². The maximum absolute atomic E-state index is 13.2. The standard InChI is InChI=1S/C13H9F2NO3/c14-8-3-7-10(4-9(8)15)16(13(19)12(7)18)5-11(17)6-1-2-6/h3-4,6H,1-2,5H2. The number of Topliss-reactive ketones (excluding diaryl/α,β-unsaturated/α-hetero) is 2. The van der Waals surface area contributed by atoms with E-state index in [9.17, 15) is 23.2 Å². The lowest BCUT2D eigenvalue weighted by Gasteiger charge is -2.15. The van der Waals surface area contributed by atoms with Gasteiger partial charge < -0.3 is 0 Å². The van der Waals surface area contributed by atoms with Crippen LogP contribution in [-0.4, -0.2) is 24.0 Å². The first-order valence-corrected chi connectivity index (χ1v) is 5.87. The minimum Gasteiger partial charge on any atom is -0.297 e. The zero-order valence-electron chi connectivity index (χ0n) is 9.78. The number of carbonyl (C=O) groups is 3. The van der Waals surface area contributed by atoms with Crippen LogP contribution in [0.1, 0.15) is 23.2 Å². The van der Waals surface area contributed by atoms with E-state index in [0.717, 1.165) is 23.8 Å². The summed E-state index contributed by atoms with van der Waals surface area (Å²) in [5.74, 6) is -4.37. The molecule has 0 saturated heterocycles. The molecule has 1 aliphatic heterocycles. The summed E-state index contributed by atoms with van der Waals surface area (Å²) in [7, 11) is 0. The molecule has 3 rings (SSSR count). The Morgan fingerprint density at radius 2 is 1.84 bits per heavy atom. The van der Waals surface area contributed by atoms with E-state index < -0.39 is 23.3 Å². The molecule has 0 unspecified atom stereocenters. The van der Waals surface area contributed by atoms with Gasteiger partial charge in [-0.1, -0.05) is 0 Å². The number of nitrogens with zero attached hydrogens (tertiary/aromatic N) is 1. The highest BCUT2D eigenvalue weighted by Crippen LogP contribution is 2.34. The Balaban J connectivity index is 1.98. The number of hydrogen-bond donors (Lipinski definition) is 0. The molecule has 19 heavy (non-hydrogen) atoms. The van der Waals surface area contributed by atoms with E-state index in [-0.39, 0.29) is 29.5 Å². The summed E-state index contributed by atoms with van der Waals surface area (Å²) in [5, 5.41) is 0. The van der Waals surface area contributed by atoms with Gasteiger partial charge in [-0.15, -0.1) is 0 Å². The molecule has 4 nitrogen and oxygen atoms in total. The van der Waals surface area contributed by atoms with Gasteiger partial charge in [0, 0.05) is 12.0 Å². The third-order valence-electron chi connectivity index (χ3n) is 3.36. The molecule has 1 heterocycles. The zero-order chi connectivity index (χ0) is 13.7. The Morgan fingerprint density at radius 3 is 2.47 bits per heavy atom. The van der Waals surface area contributed by atoms with Gasteiger partial charge in [0.15, 0.2) is 17.4 Å². The van der Waals surface area contributed by atoms with E-state index in [0.29, 0.717) is 6.07 Å². The third-order valence-corrected chi connectivity index (χ3v) is 3.36. The highest BCUT2D eigenvalue weighted by atomic mass is 19.2. The average Bonchev–Trinajstić information content (AvgIpc) is 3.18. The predicted molar refractivity (Wildman–Crippen MR) is 60.8 cm³/mol. The third kappa shape index (κ3) is 1.83. The van der Waals surface area contributed by atoms with Crippen LogP contribution in [0.15, 0.2) is 12.1 Å². The van der Waals surface area contributed by atoms with Crippen molar-refractivity contribution < 1.29 is 23.2 Å². The summed E-state index contributed by atoms with van der Waals surface area (Å²) in [4.78, 5) is 36.0. The van der Waals surface area contributed by atoms with E-state index in [1.807, 2.05) is 0 Å². The average molecular weight is 265 g/mol. The van der Waals surface area contributed by atoms with Crippen molar-refractivity contribution in [2.75, 3.05) is 11.4 Å². The van der Waals surface area contributed by atoms with Gasteiger partial charge in [-0.3, -0.25) is 19.3 Å². The summed E-state index contributed by atoms with van der Waals surface area (Å²) in [5.41, 5.74) is -0.213. The molecule has 0 bridgehead atoms. The van der Waals surface area contributed by atoms with Gasteiger partial charge >= 0.3 is 0 Å². The highest BCUT2D eigenvalue weighted by molar-refractivity contribution is 6.52. The topological polar surface area (TPSA) is 54.5 Å². The molecule has 0 aromatic heterocycles. The Hall–Kier alpha value is -2.11. The summed E-state index contributed by atoms with van der Waals surface area (Å²) in [6, 6.07) is 1.49. The first-order chi connectivity index (χ1) is 8.99. The van der Waals surface area contributed by atoms with Crippen molar-refractivity contribution in [2.45, 2.75) is 12.8 Å². The molecule has 98 valence electrons. The van der Waals surface area contributed by atoms with E-state index in [1.165, 1.54) is 0 Å². The molecule has 0 atom stereocenters. The predicted octanol–water partition coefficient (Wildman–Crippen LogP) is 1.47. The van der Waals surface area contributed by atoms with Crippen molar-refractivity contribution in [2.24, 2.45) is 5.92 Å². The lowest BCUT2D eigenvalue weighted by molar-refractivity contribution is -0.121. The van der Waals surface area contributed by atoms with Gasteiger partial charge in [0.25, 0.3) is 11.7 Å². The largest absolute Gasteiger partial charge is 0.299 e. The SMILES string of the molecule is O=C1C(=O)N(CC(=O)C2CC2)c2cc(F)c(F)cc21.